The predicted octanol–water partition coefficient (Wildman–Crippen LogP) is 1.12. The highest BCUT2D eigenvalue weighted by Crippen LogP contribution is 2.16. The smallest absolute Gasteiger partial charge is 0.339 e. The molecule has 19 heavy (non-hydrogen) atoms. The van der Waals surface area contributed by atoms with Crippen LogP contribution in [0, 0.1) is 5.82 Å². The van der Waals surface area contributed by atoms with Crippen molar-refractivity contribution < 1.29 is 24.1 Å². The third kappa shape index (κ3) is 4.80. The van der Waals surface area contributed by atoms with Gasteiger partial charge in [-0.2, -0.15) is 0 Å². The van der Waals surface area contributed by atoms with Gasteiger partial charge in [-0.25, -0.2) is 14.2 Å². The number of carboxylic acids is 1. The number of anilines is 1. The van der Waals surface area contributed by atoms with Crippen molar-refractivity contribution in [2.45, 2.75) is 18.9 Å². The van der Waals surface area contributed by atoms with Crippen LogP contribution in [0.2, 0.25) is 0 Å². The van der Waals surface area contributed by atoms with Crippen molar-refractivity contribution in [1.29, 1.82) is 0 Å². The van der Waals surface area contributed by atoms with Crippen molar-refractivity contribution in [3.8, 4) is 0 Å². The summed E-state index contributed by atoms with van der Waals surface area (Å²) in [4.78, 5) is 14.6. The molecule has 6 nitrogen and oxygen atoms in total. The topological polar surface area (TPSA) is 91.7 Å². The van der Waals surface area contributed by atoms with Gasteiger partial charge in [-0.05, 0) is 13.0 Å². The molecule has 0 aliphatic rings. The second-order valence-corrected chi connectivity index (χ2v) is 4.45. The van der Waals surface area contributed by atoms with E-state index in [0.29, 0.717) is 13.0 Å². The number of ether oxygens (including phenoxy) is 1. The Morgan fingerprint density at radius 1 is 1.63 bits per heavy atom. The average Bonchev–Trinajstić information content (AvgIpc) is 2.35. The Morgan fingerprint density at radius 3 is 2.89 bits per heavy atom. The van der Waals surface area contributed by atoms with Gasteiger partial charge >= 0.3 is 5.97 Å². The predicted molar refractivity (Wildman–Crippen MR) is 66.8 cm³/mol. The fourth-order valence-electron chi connectivity index (χ4n) is 1.43. The molecule has 0 saturated carbocycles. The molecule has 0 bridgehead atoms. The molecule has 0 aromatic carbocycles. The summed E-state index contributed by atoms with van der Waals surface area (Å²) in [6, 6.07) is 0.877. The Kier molecular flexibility index (Phi) is 5.20. The Morgan fingerprint density at radius 2 is 2.32 bits per heavy atom. The Labute approximate surface area is 110 Å². The molecular formula is C12H17FN2O4. The summed E-state index contributed by atoms with van der Waals surface area (Å²) in [6.45, 7) is 2.04. The van der Waals surface area contributed by atoms with Crippen LogP contribution in [0.5, 0.6) is 0 Å². The lowest BCUT2D eigenvalue weighted by Gasteiger charge is -2.23. The maximum Gasteiger partial charge on any atom is 0.339 e. The highest BCUT2D eigenvalue weighted by molar-refractivity contribution is 5.93. The second-order valence-electron chi connectivity index (χ2n) is 4.45. The lowest BCUT2D eigenvalue weighted by molar-refractivity contribution is 0.0356. The fourth-order valence-corrected chi connectivity index (χ4v) is 1.43. The molecular weight excluding hydrogens is 255 g/mol. The van der Waals surface area contributed by atoms with Gasteiger partial charge in [0.15, 0.2) is 0 Å². The van der Waals surface area contributed by atoms with Crippen LogP contribution in [-0.2, 0) is 4.74 Å². The molecule has 0 aliphatic carbocycles. The maximum absolute atomic E-state index is 12.9. The van der Waals surface area contributed by atoms with E-state index in [9.17, 15) is 14.3 Å². The summed E-state index contributed by atoms with van der Waals surface area (Å²) in [6.07, 6.45) is 1.29. The fraction of sp³-hybridized carbons (Fsp3) is 0.500. The second kappa shape index (κ2) is 6.44. The molecule has 3 N–H and O–H groups in total. The highest BCUT2D eigenvalue weighted by atomic mass is 19.1. The number of hydrogen-bond donors (Lipinski definition) is 3. The van der Waals surface area contributed by atoms with Gasteiger partial charge in [0.05, 0.1) is 11.8 Å². The van der Waals surface area contributed by atoms with Crippen LogP contribution in [0.15, 0.2) is 12.3 Å². The van der Waals surface area contributed by atoms with Gasteiger partial charge < -0.3 is 20.3 Å². The van der Waals surface area contributed by atoms with Gasteiger partial charge in [-0.1, -0.05) is 0 Å². The summed E-state index contributed by atoms with van der Waals surface area (Å²) in [5.41, 5.74) is -1.36. The molecule has 1 aromatic rings. The lowest BCUT2D eigenvalue weighted by Crippen LogP contribution is -2.35. The zero-order chi connectivity index (χ0) is 14.5. The monoisotopic (exact) mass is 272 g/mol. The zero-order valence-electron chi connectivity index (χ0n) is 10.8. The molecule has 0 radical (unpaired) electrons. The molecule has 1 atom stereocenters. The number of aromatic nitrogens is 1. The molecule has 0 spiro atoms. The van der Waals surface area contributed by atoms with E-state index >= 15 is 0 Å². The normalized spacial score (nSPS) is 13.9. The van der Waals surface area contributed by atoms with E-state index in [1.807, 2.05) is 0 Å². The van der Waals surface area contributed by atoms with Crippen molar-refractivity contribution in [2.24, 2.45) is 0 Å². The van der Waals surface area contributed by atoms with E-state index in [2.05, 4.69) is 10.3 Å². The van der Waals surface area contributed by atoms with Crippen molar-refractivity contribution in [1.82, 2.24) is 4.98 Å². The number of nitrogens with one attached hydrogen (secondary N) is 1. The largest absolute Gasteiger partial charge is 0.478 e. The summed E-state index contributed by atoms with van der Waals surface area (Å²) in [5.74, 6) is -1.99. The van der Waals surface area contributed by atoms with Gasteiger partial charge in [0, 0.05) is 26.7 Å². The summed E-state index contributed by atoms with van der Waals surface area (Å²) >= 11 is 0. The highest BCUT2D eigenvalue weighted by Gasteiger charge is 2.21. The summed E-state index contributed by atoms with van der Waals surface area (Å²) in [5, 5.41) is 21.6. The number of nitrogens with zero attached hydrogens (tertiary/aromatic N) is 1. The number of hydrogen-bond acceptors (Lipinski definition) is 5. The van der Waals surface area contributed by atoms with Crippen LogP contribution < -0.4 is 5.32 Å². The van der Waals surface area contributed by atoms with Gasteiger partial charge in [-0.15, -0.1) is 0 Å². The first-order valence-electron chi connectivity index (χ1n) is 5.70. The van der Waals surface area contributed by atoms with Gasteiger partial charge in [-0.3, -0.25) is 0 Å². The molecule has 0 amide bonds. The Bertz CT molecular complexity index is 451. The number of rotatable bonds is 7. The molecule has 0 aliphatic heterocycles. The van der Waals surface area contributed by atoms with Gasteiger partial charge in [0.25, 0.3) is 0 Å². The van der Waals surface area contributed by atoms with E-state index < -0.39 is 17.4 Å². The molecule has 1 rings (SSSR count). The van der Waals surface area contributed by atoms with Crippen LogP contribution >= 0.6 is 0 Å². The maximum atomic E-state index is 12.9. The van der Waals surface area contributed by atoms with Crippen LogP contribution in [-0.4, -0.2) is 47.0 Å². The van der Waals surface area contributed by atoms with Crippen molar-refractivity contribution in [2.75, 3.05) is 25.6 Å². The third-order valence-electron chi connectivity index (χ3n) is 2.57. The number of aromatic carboxylic acids is 1. The van der Waals surface area contributed by atoms with Crippen LogP contribution in [0.1, 0.15) is 23.7 Å². The first-order chi connectivity index (χ1) is 8.85. The van der Waals surface area contributed by atoms with E-state index in [0.717, 1.165) is 12.3 Å². The SMILES string of the molecule is COCCC(C)(O)CNc1ncc(F)cc1C(=O)O. The molecule has 0 fully saturated rings. The number of carbonyl (C=O) groups is 1. The average molecular weight is 272 g/mol. The zero-order valence-corrected chi connectivity index (χ0v) is 10.8. The van der Waals surface area contributed by atoms with Crippen molar-refractivity contribution in [3.05, 3.63) is 23.6 Å². The number of pyridine rings is 1. The number of carboxylic acid groups (broad SMARTS) is 1. The molecule has 7 heteroatoms. The minimum atomic E-state index is -1.29. The standard InChI is InChI=1S/C12H17FN2O4/c1-12(18,3-4-19-2)7-15-10-9(11(16)17)5-8(13)6-14-10/h5-6,18H,3-4,7H2,1-2H3,(H,14,15)(H,16,17). The first-order valence-corrected chi connectivity index (χ1v) is 5.70. The molecule has 106 valence electrons. The van der Waals surface area contributed by atoms with Gasteiger partial charge in [0.1, 0.15) is 17.2 Å². The van der Waals surface area contributed by atoms with E-state index in [1.54, 1.807) is 6.92 Å². The Hall–Kier alpha value is -1.73. The van der Waals surface area contributed by atoms with Crippen LogP contribution in [0.25, 0.3) is 0 Å². The van der Waals surface area contributed by atoms with Crippen LogP contribution in [0.3, 0.4) is 0 Å². The quantitative estimate of drug-likeness (QED) is 0.689. The molecule has 1 heterocycles. The molecule has 1 aromatic heterocycles. The number of aliphatic hydroxyl groups is 1. The third-order valence-corrected chi connectivity index (χ3v) is 2.57. The van der Waals surface area contributed by atoms with E-state index in [4.69, 9.17) is 9.84 Å². The summed E-state index contributed by atoms with van der Waals surface area (Å²) in [7, 11) is 1.52. The molecule has 0 saturated heterocycles. The van der Waals surface area contributed by atoms with E-state index in [1.165, 1.54) is 7.11 Å². The minimum absolute atomic E-state index is 0.0200. The Balaban J connectivity index is 2.75. The number of methoxy groups -OCH3 is 1. The van der Waals surface area contributed by atoms with Gasteiger partial charge in [0.2, 0.25) is 0 Å². The van der Waals surface area contributed by atoms with Crippen molar-refractivity contribution >= 4 is 11.8 Å². The summed E-state index contributed by atoms with van der Waals surface area (Å²) < 4.78 is 17.8. The molecule has 1 unspecified atom stereocenters. The minimum Gasteiger partial charge on any atom is -0.478 e. The van der Waals surface area contributed by atoms with Crippen molar-refractivity contribution in [3.63, 3.8) is 0 Å². The van der Waals surface area contributed by atoms with E-state index in [-0.39, 0.29) is 17.9 Å². The lowest BCUT2D eigenvalue weighted by atomic mass is 10.0. The number of halogens is 1. The first kappa shape index (κ1) is 15.3. The van der Waals surface area contributed by atoms with Crippen LogP contribution in [0.4, 0.5) is 10.2 Å².